The summed E-state index contributed by atoms with van der Waals surface area (Å²) in [7, 11) is 1.86. The second kappa shape index (κ2) is 5.66. The normalized spacial score (nSPS) is 17.0. The number of aromatic nitrogens is 3. The average molecular weight is 328 g/mol. The molecule has 1 amide bonds. The molecular formula is C16H16N4O2S. The topological polar surface area (TPSA) is 73.0 Å². The van der Waals surface area contributed by atoms with Gasteiger partial charge in [0.25, 0.3) is 5.91 Å². The smallest absolute Gasteiger partial charge is 0.271 e. The number of furan rings is 1. The van der Waals surface area contributed by atoms with Crippen LogP contribution in [-0.4, -0.2) is 20.7 Å². The van der Waals surface area contributed by atoms with Crippen LogP contribution in [0.4, 0.5) is 0 Å². The average Bonchev–Trinajstić information content (AvgIpc) is 3.27. The summed E-state index contributed by atoms with van der Waals surface area (Å²) >= 11 is 1.45. The van der Waals surface area contributed by atoms with Crippen molar-refractivity contribution in [1.82, 2.24) is 20.1 Å². The first-order valence-electron chi connectivity index (χ1n) is 7.52. The summed E-state index contributed by atoms with van der Waals surface area (Å²) in [6.45, 7) is 0. The number of thiazole rings is 1. The second-order valence-electron chi connectivity index (χ2n) is 5.66. The Morgan fingerprint density at radius 2 is 2.43 bits per heavy atom. The van der Waals surface area contributed by atoms with Crippen molar-refractivity contribution in [3.05, 3.63) is 47.1 Å². The predicted molar refractivity (Wildman–Crippen MR) is 86.2 cm³/mol. The molecular weight excluding hydrogens is 312 g/mol. The molecule has 118 valence electrons. The molecule has 1 N–H and O–H groups in total. The second-order valence-corrected chi connectivity index (χ2v) is 6.52. The van der Waals surface area contributed by atoms with Gasteiger partial charge in [-0.3, -0.25) is 9.48 Å². The number of nitrogens with one attached hydrogen (secondary N) is 1. The van der Waals surface area contributed by atoms with Gasteiger partial charge in [0.1, 0.15) is 16.5 Å². The van der Waals surface area contributed by atoms with E-state index in [0.717, 1.165) is 41.2 Å². The molecule has 7 heteroatoms. The molecule has 0 aromatic carbocycles. The van der Waals surface area contributed by atoms with Crippen LogP contribution in [0.1, 0.15) is 40.7 Å². The lowest BCUT2D eigenvalue weighted by Gasteiger charge is -2.22. The molecule has 0 bridgehead atoms. The van der Waals surface area contributed by atoms with Crippen molar-refractivity contribution in [2.24, 2.45) is 7.05 Å². The highest BCUT2D eigenvalue weighted by Crippen LogP contribution is 2.31. The Morgan fingerprint density at radius 3 is 3.26 bits per heavy atom. The Labute approximate surface area is 137 Å². The molecule has 0 saturated carbocycles. The minimum Gasteiger partial charge on any atom is -0.469 e. The Hall–Kier alpha value is -2.41. The molecule has 3 aromatic rings. The first-order chi connectivity index (χ1) is 11.2. The fraction of sp³-hybridized carbons (Fsp3) is 0.312. The van der Waals surface area contributed by atoms with Crippen molar-refractivity contribution in [2.45, 2.75) is 25.3 Å². The third-order valence-corrected chi connectivity index (χ3v) is 4.94. The van der Waals surface area contributed by atoms with Gasteiger partial charge in [-0.05, 0) is 18.9 Å². The van der Waals surface area contributed by atoms with E-state index < -0.39 is 0 Å². The Balaban J connectivity index is 1.51. The van der Waals surface area contributed by atoms with Crippen molar-refractivity contribution >= 4 is 17.2 Å². The van der Waals surface area contributed by atoms with Crippen molar-refractivity contribution in [3.63, 3.8) is 0 Å². The van der Waals surface area contributed by atoms with E-state index >= 15 is 0 Å². The van der Waals surface area contributed by atoms with E-state index in [2.05, 4.69) is 15.4 Å². The highest BCUT2D eigenvalue weighted by atomic mass is 32.1. The number of rotatable bonds is 3. The number of aryl methyl sites for hydroxylation is 2. The molecule has 3 heterocycles. The largest absolute Gasteiger partial charge is 0.469 e. The molecule has 3 aromatic heterocycles. The van der Waals surface area contributed by atoms with Gasteiger partial charge in [-0.1, -0.05) is 0 Å². The highest BCUT2D eigenvalue weighted by molar-refractivity contribution is 7.13. The van der Waals surface area contributed by atoms with Crippen LogP contribution in [0.3, 0.4) is 0 Å². The maximum absolute atomic E-state index is 12.5. The van der Waals surface area contributed by atoms with Crippen LogP contribution in [0.25, 0.3) is 10.6 Å². The molecule has 0 spiro atoms. The van der Waals surface area contributed by atoms with E-state index in [-0.39, 0.29) is 11.9 Å². The molecule has 1 atom stereocenters. The van der Waals surface area contributed by atoms with Crippen molar-refractivity contribution in [3.8, 4) is 10.6 Å². The third kappa shape index (κ3) is 2.68. The minimum absolute atomic E-state index is 0.00791. The predicted octanol–water partition coefficient (Wildman–Crippen LogP) is 2.94. The quantitative estimate of drug-likeness (QED) is 0.802. The molecule has 1 aliphatic carbocycles. The van der Waals surface area contributed by atoms with Crippen LogP contribution in [0.5, 0.6) is 0 Å². The zero-order valence-electron chi connectivity index (χ0n) is 12.7. The molecule has 0 saturated heterocycles. The van der Waals surface area contributed by atoms with E-state index in [4.69, 9.17) is 4.42 Å². The van der Waals surface area contributed by atoms with E-state index in [0.29, 0.717) is 5.69 Å². The van der Waals surface area contributed by atoms with Gasteiger partial charge in [0.2, 0.25) is 0 Å². The van der Waals surface area contributed by atoms with Gasteiger partial charge in [0.15, 0.2) is 0 Å². The van der Waals surface area contributed by atoms with Crippen LogP contribution in [0.2, 0.25) is 0 Å². The number of hydrogen-bond donors (Lipinski definition) is 1. The lowest BCUT2D eigenvalue weighted by atomic mass is 9.93. The number of nitrogens with zero attached hydrogens (tertiary/aromatic N) is 3. The number of carbonyl (C=O) groups excluding carboxylic acids is 1. The lowest BCUT2D eigenvalue weighted by molar-refractivity contribution is 0.0928. The van der Waals surface area contributed by atoms with Crippen LogP contribution in [-0.2, 0) is 13.5 Å². The summed E-state index contributed by atoms with van der Waals surface area (Å²) in [5.41, 5.74) is 2.46. The van der Waals surface area contributed by atoms with Gasteiger partial charge < -0.3 is 9.73 Å². The SMILES string of the molecule is Cn1cc(-c2nc(C(=O)NC3CCCc4occc43)cs2)cn1. The van der Waals surface area contributed by atoms with E-state index in [1.807, 2.05) is 19.3 Å². The molecule has 0 aliphatic heterocycles. The summed E-state index contributed by atoms with van der Waals surface area (Å²) in [6, 6.07) is 1.95. The summed E-state index contributed by atoms with van der Waals surface area (Å²) in [6.07, 6.45) is 8.22. The van der Waals surface area contributed by atoms with E-state index in [1.165, 1.54) is 11.3 Å². The number of carbonyl (C=O) groups is 1. The van der Waals surface area contributed by atoms with Crippen molar-refractivity contribution < 1.29 is 9.21 Å². The van der Waals surface area contributed by atoms with Gasteiger partial charge in [0, 0.05) is 36.2 Å². The van der Waals surface area contributed by atoms with E-state index in [9.17, 15) is 4.79 Å². The molecule has 4 rings (SSSR count). The first kappa shape index (κ1) is 14.2. The fourth-order valence-corrected chi connectivity index (χ4v) is 3.69. The van der Waals surface area contributed by atoms with Gasteiger partial charge in [-0.25, -0.2) is 4.98 Å². The fourth-order valence-electron chi connectivity index (χ4n) is 2.91. The third-order valence-electron chi connectivity index (χ3n) is 4.05. The maximum atomic E-state index is 12.5. The zero-order chi connectivity index (χ0) is 15.8. The Kier molecular flexibility index (Phi) is 3.49. The standard InChI is InChI=1S/C16H16N4O2S/c1-20-8-10(7-17-20)16-19-13(9-23-16)15(21)18-12-3-2-4-14-11(12)5-6-22-14/h5-9,12H,2-4H2,1H3,(H,18,21). The highest BCUT2D eigenvalue weighted by Gasteiger charge is 2.25. The van der Waals surface area contributed by atoms with Crippen LogP contribution < -0.4 is 5.32 Å². The lowest BCUT2D eigenvalue weighted by Crippen LogP contribution is -2.30. The summed E-state index contributed by atoms with van der Waals surface area (Å²) in [4.78, 5) is 16.9. The number of hydrogen-bond acceptors (Lipinski definition) is 5. The van der Waals surface area contributed by atoms with Crippen LogP contribution in [0.15, 0.2) is 34.5 Å². The maximum Gasteiger partial charge on any atom is 0.271 e. The van der Waals surface area contributed by atoms with E-state index in [1.54, 1.807) is 22.5 Å². The molecule has 1 aliphatic rings. The van der Waals surface area contributed by atoms with Crippen molar-refractivity contribution in [2.75, 3.05) is 0 Å². The molecule has 0 radical (unpaired) electrons. The summed E-state index contributed by atoms with van der Waals surface area (Å²) in [5, 5.41) is 9.79. The molecule has 6 nitrogen and oxygen atoms in total. The Morgan fingerprint density at radius 1 is 1.52 bits per heavy atom. The van der Waals surface area contributed by atoms with Crippen molar-refractivity contribution in [1.29, 1.82) is 0 Å². The van der Waals surface area contributed by atoms with Crippen LogP contribution >= 0.6 is 11.3 Å². The van der Waals surface area contributed by atoms with Gasteiger partial charge in [-0.2, -0.15) is 5.10 Å². The monoisotopic (exact) mass is 328 g/mol. The van der Waals surface area contributed by atoms with Gasteiger partial charge in [-0.15, -0.1) is 11.3 Å². The molecule has 0 fully saturated rings. The molecule has 23 heavy (non-hydrogen) atoms. The Bertz CT molecular complexity index is 848. The van der Waals surface area contributed by atoms with Gasteiger partial charge >= 0.3 is 0 Å². The van der Waals surface area contributed by atoms with Gasteiger partial charge in [0.05, 0.1) is 18.5 Å². The summed E-state index contributed by atoms with van der Waals surface area (Å²) < 4.78 is 7.18. The first-order valence-corrected chi connectivity index (χ1v) is 8.40. The zero-order valence-corrected chi connectivity index (χ0v) is 13.5. The number of fused-ring (bicyclic) bond motifs is 1. The molecule has 1 unspecified atom stereocenters. The number of amides is 1. The van der Waals surface area contributed by atoms with Crippen LogP contribution in [0, 0.1) is 0 Å². The summed E-state index contributed by atoms with van der Waals surface area (Å²) in [5.74, 6) is 0.839. The minimum atomic E-state index is -0.143.